The highest BCUT2D eigenvalue weighted by molar-refractivity contribution is 7.86. The summed E-state index contributed by atoms with van der Waals surface area (Å²) in [5.74, 6) is 1.81. The predicted octanol–water partition coefficient (Wildman–Crippen LogP) is 1.68. The van der Waals surface area contributed by atoms with Gasteiger partial charge in [0.15, 0.2) is 5.78 Å². The van der Waals surface area contributed by atoms with Crippen LogP contribution in [-0.2, 0) is 19.1 Å². The lowest BCUT2D eigenvalue weighted by molar-refractivity contribution is -0.123. The van der Waals surface area contributed by atoms with Crippen LogP contribution in [-0.4, -0.2) is 20.3 Å². The Hall–Kier alpha value is -1.64. The van der Waals surface area contributed by atoms with Crippen LogP contribution < -0.4 is 0 Å². The van der Waals surface area contributed by atoms with Crippen molar-refractivity contribution in [3.63, 3.8) is 0 Å². The van der Waals surface area contributed by atoms with Crippen molar-refractivity contribution >= 4 is 15.9 Å². The van der Waals surface area contributed by atoms with Crippen LogP contribution in [0.15, 0.2) is 29.2 Å². The van der Waals surface area contributed by atoms with Gasteiger partial charge >= 0.3 is 0 Å². The molecule has 0 fully saturated rings. The van der Waals surface area contributed by atoms with E-state index in [1.54, 1.807) is 12.1 Å². The summed E-state index contributed by atoms with van der Waals surface area (Å²) in [4.78, 5) is 11.2. The number of carbonyl (C=O) groups excluding carboxylic acids is 1. The molecule has 4 nitrogen and oxygen atoms in total. The molecule has 1 aromatic carbocycles. The van der Waals surface area contributed by atoms with Crippen LogP contribution in [0.4, 0.5) is 0 Å². The lowest BCUT2D eigenvalue weighted by Crippen LogP contribution is -2.25. The molecule has 18 heavy (non-hydrogen) atoms. The van der Waals surface area contributed by atoms with Gasteiger partial charge in [0.25, 0.3) is 10.1 Å². The quantitative estimate of drug-likeness (QED) is 0.601. The molecule has 0 bridgehead atoms. The van der Waals surface area contributed by atoms with Crippen molar-refractivity contribution in [2.75, 3.05) is 0 Å². The molecule has 1 rings (SSSR count). The summed E-state index contributed by atoms with van der Waals surface area (Å²) in [5.41, 5.74) is 0.931. The van der Waals surface area contributed by atoms with E-state index in [2.05, 4.69) is 5.92 Å². The smallest absolute Gasteiger partial charge is 0.297 e. The first-order valence-corrected chi connectivity index (χ1v) is 6.71. The van der Waals surface area contributed by atoms with Crippen LogP contribution in [0.2, 0.25) is 0 Å². The molecule has 1 atom stereocenters. The molecular formula is C13H14O4S. The maximum absolute atomic E-state index is 11.9. The molecule has 0 heterocycles. The molecule has 0 radical (unpaired) electrons. The van der Waals surface area contributed by atoms with Gasteiger partial charge in [-0.05, 0) is 26.0 Å². The van der Waals surface area contributed by atoms with Crippen molar-refractivity contribution in [2.24, 2.45) is 0 Å². The summed E-state index contributed by atoms with van der Waals surface area (Å²) >= 11 is 0. The topological polar surface area (TPSA) is 60.4 Å². The summed E-state index contributed by atoms with van der Waals surface area (Å²) in [7, 11) is -3.96. The number of hydrogen-bond donors (Lipinski definition) is 0. The number of aryl methyl sites for hydroxylation is 1. The van der Waals surface area contributed by atoms with Gasteiger partial charge in [-0.25, -0.2) is 0 Å². The maximum Gasteiger partial charge on any atom is 0.297 e. The van der Waals surface area contributed by atoms with E-state index in [4.69, 9.17) is 10.6 Å². The Morgan fingerprint density at radius 3 is 2.39 bits per heavy atom. The van der Waals surface area contributed by atoms with Crippen LogP contribution in [0.5, 0.6) is 0 Å². The van der Waals surface area contributed by atoms with E-state index in [9.17, 15) is 13.2 Å². The molecule has 0 N–H and O–H groups in total. The number of benzene rings is 1. The highest BCUT2D eigenvalue weighted by atomic mass is 32.2. The average molecular weight is 266 g/mol. The summed E-state index contributed by atoms with van der Waals surface area (Å²) in [5, 5.41) is 0. The lowest BCUT2D eigenvalue weighted by Gasteiger charge is -2.12. The van der Waals surface area contributed by atoms with E-state index in [-0.39, 0.29) is 11.3 Å². The Morgan fingerprint density at radius 1 is 1.39 bits per heavy atom. The van der Waals surface area contributed by atoms with Gasteiger partial charge in [0.1, 0.15) is 6.10 Å². The Kier molecular flexibility index (Phi) is 4.65. The summed E-state index contributed by atoms with van der Waals surface area (Å²) in [6.45, 7) is 3.08. The van der Waals surface area contributed by atoms with Crippen molar-refractivity contribution < 1.29 is 17.4 Å². The van der Waals surface area contributed by atoms with Gasteiger partial charge in [-0.1, -0.05) is 17.7 Å². The van der Waals surface area contributed by atoms with Gasteiger partial charge in [0.05, 0.1) is 4.90 Å². The third-order valence-corrected chi connectivity index (χ3v) is 3.64. The fraction of sp³-hybridized carbons (Fsp3) is 0.308. The highest BCUT2D eigenvalue weighted by Crippen LogP contribution is 2.16. The average Bonchev–Trinajstić information content (AvgIpc) is 2.28. The number of carbonyl (C=O) groups is 1. The summed E-state index contributed by atoms with van der Waals surface area (Å²) in [6, 6.07) is 6.16. The molecule has 0 saturated carbocycles. The van der Waals surface area contributed by atoms with E-state index in [0.29, 0.717) is 0 Å². The zero-order valence-corrected chi connectivity index (χ0v) is 11.0. The van der Waals surface area contributed by atoms with Crippen LogP contribution in [0.3, 0.4) is 0 Å². The molecule has 1 unspecified atom stereocenters. The van der Waals surface area contributed by atoms with E-state index in [1.165, 1.54) is 19.1 Å². The van der Waals surface area contributed by atoms with E-state index < -0.39 is 22.0 Å². The van der Waals surface area contributed by atoms with Gasteiger partial charge in [-0.15, -0.1) is 12.3 Å². The van der Waals surface area contributed by atoms with Gasteiger partial charge < -0.3 is 0 Å². The first-order chi connectivity index (χ1) is 8.36. The van der Waals surface area contributed by atoms with Gasteiger partial charge in [0.2, 0.25) is 0 Å². The standard InChI is InChI=1S/C13H14O4S/c1-4-5-13(11(3)14)17-18(15,16)12-8-6-10(2)7-9-12/h1,6-9,13H,5H2,2-3H3. The van der Waals surface area contributed by atoms with Crippen LogP contribution >= 0.6 is 0 Å². The molecule has 5 heteroatoms. The second-order valence-electron chi connectivity index (χ2n) is 3.87. The monoisotopic (exact) mass is 266 g/mol. The van der Waals surface area contributed by atoms with Crippen LogP contribution in [0.1, 0.15) is 18.9 Å². The van der Waals surface area contributed by atoms with E-state index in [0.717, 1.165) is 5.56 Å². The Bertz CT molecular complexity index is 564. The first kappa shape index (κ1) is 14.4. The zero-order chi connectivity index (χ0) is 13.8. The summed E-state index contributed by atoms with van der Waals surface area (Å²) in [6.07, 6.45) is 3.87. The largest absolute Gasteiger partial charge is 0.297 e. The van der Waals surface area contributed by atoms with Crippen molar-refractivity contribution in [1.29, 1.82) is 0 Å². The zero-order valence-electron chi connectivity index (χ0n) is 10.2. The van der Waals surface area contributed by atoms with Crippen molar-refractivity contribution in [1.82, 2.24) is 0 Å². The van der Waals surface area contributed by atoms with Crippen molar-refractivity contribution in [2.45, 2.75) is 31.3 Å². The molecule has 0 saturated heterocycles. The SMILES string of the molecule is C#CCC(OS(=O)(=O)c1ccc(C)cc1)C(C)=O. The van der Waals surface area contributed by atoms with Crippen molar-refractivity contribution in [3.8, 4) is 12.3 Å². The van der Waals surface area contributed by atoms with Crippen molar-refractivity contribution in [3.05, 3.63) is 29.8 Å². The minimum absolute atomic E-state index is 0.0105. The number of hydrogen-bond acceptors (Lipinski definition) is 4. The normalized spacial score (nSPS) is 12.7. The Morgan fingerprint density at radius 2 is 1.94 bits per heavy atom. The van der Waals surface area contributed by atoms with Gasteiger partial charge in [-0.3, -0.25) is 8.98 Å². The third-order valence-electron chi connectivity index (χ3n) is 2.31. The number of terminal acetylenes is 1. The fourth-order valence-electron chi connectivity index (χ4n) is 1.27. The summed E-state index contributed by atoms with van der Waals surface area (Å²) < 4.78 is 28.6. The second-order valence-corrected chi connectivity index (χ2v) is 5.44. The number of rotatable bonds is 5. The lowest BCUT2D eigenvalue weighted by atomic mass is 10.2. The maximum atomic E-state index is 11.9. The molecule has 0 amide bonds. The van der Waals surface area contributed by atoms with E-state index in [1.807, 2.05) is 6.92 Å². The fourth-order valence-corrected chi connectivity index (χ4v) is 2.36. The van der Waals surface area contributed by atoms with Crippen LogP contribution in [0, 0.1) is 19.3 Å². The number of Topliss-reactive ketones (excluding diaryl/α,β-unsaturated/α-hetero) is 1. The third kappa shape index (κ3) is 3.69. The number of ketones is 1. The van der Waals surface area contributed by atoms with Gasteiger partial charge in [0, 0.05) is 6.42 Å². The molecule has 0 aliphatic heterocycles. The van der Waals surface area contributed by atoms with Crippen LogP contribution in [0.25, 0.3) is 0 Å². The molecule has 96 valence electrons. The van der Waals surface area contributed by atoms with Gasteiger partial charge in [-0.2, -0.15) is 8.42 Å². The molecule has 0 spiro atoms. The molecule has 1 aromatic rings. The minimum Gasteiger partial charge on any atom is -0.297 e. The predicted molar refractivity (Wildman–Crippen MR) is 67.4 cm³/mol. The molecule has 0 aliphatic rings. The Labute approximate surface area is 107 Å². The second kappa shape index (κ2) is 5.80. The van der Waals surface area contributed by atoms with E-state index >= 15 is 0 Å². The minimum atomic E-state index is -3.96. The highest BCUT2D eigenvalue weighted by Gasteiger charge is 2.24. The Balaban J connectivity index is 2.97. The first-order valence-electron chi connectivity index (χ1n) is 5.30. The molecular weight excluding hydrogens is 252 g/mol. The molecule has 0 aliphatic carbocycles. The molecule has 0 aromatic heterocycles.